The summed E-state index contributed by atoms with van der Waals surface area (Å²) in [6, 6.07) is 8.56. The molecule has 1 aliphatic heterocycles. The van der Waals surface area contributed by atoms with E-state index >= 15 is 0 Å². The first-order chi connectivity index (χ1) is 16.0. The number of carbonyl (C=O) groups excluding carboxylic acids is 2. The Morgan fingerprint density at radius 2 is 1.97 bits per heavy atom. The average molecular weight is 459 g/mol. The van der Waals surface area contributed by atoms with Gasteiger partial charge >= 0.3 is 0 Å². The van der Waals surface area contributed by atoms with E-state index in [1.54, 1.807) is 47.4 Å². The zero-order valence-electron chi connectivity index (χ0n) is 19.9. The first-order valence-corrected chi connectivity index (χ1v) is 11.4. The molecule has 0 aliphatic carbocycles. The summed E-state index contributed by atoms with van der Waals surface area (Å²) in [6.07, 6.45) is 4.22. The van der Waals surface area contributed by atoms with Crippen molar-refractivity contribution in [3.05, 3.63) is 47.9 Å². The van der Waals surface area contributed by atoms with E-state index < -0.39 is 0 Å². The molecule has 3 rings (SSSR count). The van der Waals surface area contributed by atoms with Crippen LogP contribution in [0.15, 0.2) is 41.0 Å². The third kappa shape index (κ3) is 6.28. The molecule has 8 heteroatoms. The van der Waals surface area contributed by atoms with Crippen LogP contribution in [-0.2, 0) is 16.1 Å². The summed E-state index contributed by atoms with van der Waals surface area (Å²) in [6.45, 7) is 5.43. The van der Waals surface area contributed by atoms with E-state index in [4.69, 9.17) is 18.6 Å². The SMILES string of the molecule is CCC(C)N(CC(=O)N(Cc1ccco1)CC1CCCO1)C(=O)c1ccc(OC)c(OC)c1. The van der Waals surface area contributed by atoms with E-state index in [0.29, 0.717) is 42.5 Å². The molecule has 2 heterocycles. The second-order valence-electron chi connectivity index (χ2n) is 8.25. The minimum atomic E-state index is -0.228. The van der Waals surface area contributed by atoms with E-state index in [2.05, 4.69) is 0 Å². The van der Waals surface area contributed by atoms with E-state index in [1.807, 2.05) is 19.9 Å². The van der Waals surface area contributed by atoms with Crippen LogP contribution in [0.4, 0.5) is 0 Å². The van der Waals surface area contributed by atoms with E-state index in [-0.39, 0.29) is 30.5 Å². The summed E-state index contributed by atoms with van der Waals surface area (Å²) in [4.78, 5) is 30.2. The number of carbonyl (C=O) groups is 2. The van der Waals surface area contributed by atoms with Crippen LogP contribution in [-0.4, -0.2) is 67.7 Å². The molecule has 0 spiro atoms. The minimum Gasteiger partial charge on any atom is -0.493 e. The first-order valence-electron chi connectivity index (χ1n) is 11.4. The van der Waals surface area contributed by atoms with Crippen molar-refractivity contribution in [2.75, 3.05) is 33.9 Å². The van der Waals surface area contributed by atoms with Crippen molar-refractivity contribution in [3.63, 3.8) is 0 Å². The molecule has 33 heavy (non-hydrogen) atoms. The van der Waals surface area contributed by atoms with Crippen LogP contribution in [0.1, 0.15) is 49.2 Å². The normalized spacial score (nSPS) is 16.3. The molecule has 2 amide bonds. The highest BCUT2D eigenvalue weighted by molar-refractivity contribution is 5.97. The lowest BCUT2D eigenvalue weighted by Gasteiger charge is -2.32. The minimum absolute atomic E-state index is 0.00233. The molecule has 2 unspecified atom stereocenters. The van der Waals surface area contributed by atoms with Crippen molar-refractivity contribution in [3.8, 4) is 11.5 Å². The maximum Gasteiger partial charge on any atom is 0.254 e. The number of benzene rings is 1. The third-order valence-corrected chi connectivity index (χ3v) is 6.05. The van der Waals surface area contributed by atoms with Gasteiger partial charge in [0.05, 0.1) is 33.1 Å². The Morgan fingerprint density at radius 3 is 2.58 bits per heavy atom. The van der Waals surface area contributed by atoms with Crippen LogP contribution in [0.25, 0.3) is 0 Å². The second-order valence-corrected chi connectivity index (χ2v) is 8.25. The lowest BCUT2D eigenvalue weighted by molar-refractivity contribution is -0.134. The summed E-state index contributed by atoms with van der Waals surface area (Å²) in [5, 5.41) is 0. The van der Waals surface area contributed by atoms with Crippen molar-refractivity contribution < 1.29 is 28.2 Å². The van der Waals surface area contributed by atoms with Gasteiger partial charge in [-0.1, -0.05) is 6.92 Å². The average Bonchev–Trinajstić information content (AvgIpc) is 3.55. The van der Waals surface area contributed by atoms with Crippen LogP contribution in [0.3, 0.4) is 0 Å². The summed E-state index contributed by atoms with van der Waals surface area (Å²) in [7, 11) is 3.07. The quantitative estimate of drug-likeness (QED) is 0.510. The fourth-order valence-corrected chi connectivity index (χ4v) is 3.91. The highest BCUT2D eigenvalue weighted by Gasteiger charge is 2.29. The number of rotatable bonds is 11. The Kier molecular flexibility index (Phi) is 8.77. The lowest BCUT2D eigenvalue weighted by Crippen LogP contribution is -2.47. The van der Waals surface area contributed by atoms with Crippen molar-refractivity contribution in [1.29, 1.82) is 0 Å². The van der Waals surface area contributed by atoms with Crippen molar-refractivity contribution in [1.82, 2.24) is 9.80 Å². The van der Waals surface area contributed by atoms with Crippen LogP contribution >= 0.6 is 0 Å². The van der Waals surface area contributed by atoms with Gasteiger partial charge in [-0.05, 0) is 56.5 Å². The van der Waals surface area contributed by atoms with Gasteiger partial charge in [0.1, 0.15) is 12.3 Å². The molecule has 2 aromatic rings. The summed E-state index contributed by atoms with van der Waals surface area (Å²) in [5.74, 6) is 1.34. The maximum atomic E-state index is 13.4. The van der Waals surface area contributed by atoms with Crippen LogP contribution in [0.2, 0.25) is 0 Å². The predicted octanol–water partition coefficient (Wildman–Crippen LogP) is 3.75. The highest BCUT2D eigenvalue weighted by Crippen LogP contribution is 2.28. The van der Waals surface area contributed by atoms with Gasteiger partial charge in [0.25, 0.3) is 5.91 Å². The Morgan fingerprint density at radius 1 is 1.18 bits per heavy atom. The maximum absolute atomic E-state index is 13.4. The molecule has 0 N–H and O–H groups in total. The number of nitrogens with zero attached hydrogens (tertiary/aromatic N) is 2. The Hall–Kier alpha value is -3.00. The van der Waals surface area contributed by atoms with Crippen LogP contribution in [0.5, 0.6) is 11.5 Å². The number of hydrogen-bond acceptors (Lipinski definition) is 6. The number of methoxy groups -OCH3 is 2. The topological polar surface area (TPSA) is 81.5 Å². The molecule has 1 saturated heterocycles. The van der Waals surface area contributed by atoms with E-state index in [9.17, 15) is 9.59 Å². The van der Waals surface area contributed by atoms with Crippen molar-refractivity contribution >= 4 is 11.8 Å². The van der Waals surface area contributed by atoms with Crippen molar-refractivity contribution in [2.45, 2.75) is 51.8 Å². The van der Waals surface area contributed by atoms with Crippen LogP contribution in [0, 0.1) is 0 Å². The third-order valence-electron chi connectivity index (χ3n) is 6.05. The molecule has 1 aromatic carbocycles. The lowest BCUT2D eigenvalue weighted by atomic mass is 10.1. The molecule has 0 radical (unpaired) electrons. The highest BCUT2D eigenvalue weighted by atomic mass is 16.5. The predicted molar refractivity (Wildman–Crippen MR) is 123 cm³/mol. The smallest absolute Gasteiger partial charge is 0.254 e. The van der Waals surface area contributed by atoms with Gasteiger partial charge in [0.15, 0.2) is 11.5 Å². The number of furan rings is 1. The summed E-state index contributed by atoms with van der Waals surface area (Å²) >= 11 is 0. The molecule has 2 atom stereocenters. The summed E-state index contributed by atoms with van der Waals surface area (Å²) in [5.41, 5.74) is 0.442. The molecule has 1 aliphatic rings. The van der Waals surface area contributed by atoms with Gasteiger partial charge in [0.2, 0.25) is 5.91 Å². The second kappa shape index (κ2) is 11.7. The monoisotopic (exact) mass is 458 g/mol. The molecule has 1 aromatic heterocycles. The van der Waals surface area contributed by atoms with Crippen LogP contribution < -0.4 is 9.47 Å². The zero-order chi connectivity index (χ0) is 23.8. The first kappa shape index (κ1) is 24.6. The molecule has 0 saturated carbocycles. The molecule has 8 nitrogen and oxygen atoms in total. The largest absolute Gasteiger partial charge is 0.493 e. The Bertz CT molecular complexity index is 908. The van der Waals surface area contributed by atoms with Gasteiger partial charge in [-0.25, -0.2) is 0 Å². The van der Waals surface area contributed by atoms with Gasteiger partial charge < -0.3 is 28.4 Å². The zero-order valence-corrected chi connectivity index (χ0v) is 19.9. The van der Waals surface area contributed by atoms with Gasteiger partial charge in [-0.3, -0.25) is 9.59 Å². The van der Waals surface area contributed by atoms with E-state index in [0.717, 1.165) is 19.3 Å². The molecule has 0 bridgehead atoms. The number of ether oxygens (including phenoxy) is 3. The number of amides is 2. The standard InChI is InChI=1S/C25H34N2O6/c1-5-18(2)27(25(29)19-10-11-22(30-3)23(14-19)31-4)17-24(28)26(15-20-8-6-12-32-20)16-21-9-7-13-33-21/h6,8,10-12,14,18,21H,5,7,9,13,15-17H2,1-4H3. The van der Waals surface area contributed by atoms with Gasteiger partial charge in [0, 0.05) is 24.8 Å². The van der Waals surface area contributed by atoms with E-state index in [1.165, 1.54) is 7.11 Å². The Labute approximate surface area is 195 Å². The summed E-state index contributed by atoms with van der Waals surface area (Å²) < 4.78 is 21.9. The van der Waals surface area contributed by atoms with Crippen molar-refractivity contribution in [2.24, 2.45) is 0 Å². The fraction of sp³-hybridized carbons (Fsp3) is 0.520. The fourth-order valence-electron chi connectivity index (χ4n) is 3.91. The molecular formula is C25H34N2O6. The molecular weight excluding hydrogens is 424 g/mol. The van der Waals surface area contributed by atoms with Gasteiger partial charge in [-0.15, -0.1) is 0 Å². The molecule has 1 fully saturated rings. The van der Waals surface area contributed by atoms with Gasteiger partial charge in [-0.2, -0.15) is 0 Å². The Balaban J connectivity index is 1.80. The number of hydrogen-bond donors (Lipinski definition) is 0. The molecule has 180 valence electrons.